The van der Waals surface area contributed by atoms with Crippen LogP contribution in [0, 0.1) is 6.92 Å². The first-order valence-corrected chi connectivity index (χ1v) is 13.1. The second-order valence-electron chi connectivity index (χ2n) is 8.94. The fourth-order valence-corrected chi connectivity index (χ4v) is 4.95. The van der Waals surface area contributed by atoms with Crippen molar-refractivity contribution < 1.29 is 9.53 Å². The Labute approximate surface area is 236 Å². The highest BCUT2D eigenvalue weighted by molar-refractivity contribution is 6.44. The number of hydrogen-bond acceptors (Lipinski definition) is 5. The highest BCUT2D eigenvalue weighted by atomic mass is 35.5. The van der Waals surface area contributed by atoms with Gasteiger partial charge in [0, 0.05) is 38.8 Å². The predicted octanol–water partition coefficient (Wildman–Crippen LogP) is 8.46. The Hall–Kier alpha value is -3.51. The molecule has 192 valence electrons. The Bertz CT molecular complexity index is 1480. The predicted molar refractivity (Wildman–Crippen MR) is 156 cm³/mol. The Kier molecular flexibility index (Phi) is 7.61. The molecule has 0 saturated carbocycles. The quantitative estimate of drug-likeness (QED) is 0.226. The molecule has 1 atom stereocenters. The lowest BCUT2D eigenvalue weighted by Gasteiger charge is -2.32. The lowest BCUT2D eigenvalue weighted by atomic mass is 10.1. The summed E-state index contributed by atoms with van der Waals surface area (Å²) in [4.78, 5) is 14.8. The molecule has 1 aliphatic heterocycles. The maximum absolute atomic E-state index is 12.8. The summed E-state index contributed by atoms with van der Waals surface area (Å²) >= 11 is 18.8. The van der Waals surface area contributed by atoms with Crippen molar-refractivity contribution in [2.45, 2.75) is 26.6 Å². The lowest BCUT2D eigenvalue weighted by Crippen LogP contribution is -2.37. The highest BCUT2D eigenvalue weighted by Gasteiger charge is 2.39. The molecule has 0 unspecified atom stereocenters. The van der Waals surface area contributed by atoms with E-state index in [9.17, 15) is 4.79 Å². The van der Waals surface area contributed by atoms with Crippen molar-refractivity contribution in [2.24, 2.45) is 5.10 Å². The van der Waals surface area contributed by atoms with Gasteiger partial charge < -0.3 is 4.74 Å². The molecule has 0 saturated heterocycles. The summed E-state index contributed by atoms with van der Waals surface area (Å²) in [5.74, 6) is 0.824. The third-order valence-corrected chi connectivity index (χ3v) is 7.19. The standard InChI is InChI=1S/C30H24Cl3N3O2/c1-19-9-13-23(14-10-19)35-29(20(2)37)34-36(24-15-11-22(31)12-16-24)30(35)21-5-3-6-25(17-21)38-18-26-27(32)7-4-8-28(26)33/h3-17,30H,18H2,1-2H3/t30-/m1/s1. The number of halogens is 3. The van der Waals surface area contributed by atoms with Crippen molar-refractivity contribution in [1.29, 1.82) is 0 Å². The van der Waals surface area contributed by atoms with Gasteiger partial charge in [0.1, 0.15) is 12.4 Å². The molecule has 0 amide bonds. The van der Waals surface area contributed by atoms with Crippen molar-refractivity contribution in [2.75, 3.05) is 9.91 Å². The number of ketones is 1. The van der Waals surface area contributed by atoms with Crippen molar-refractivity contribution >= 4 is 57.8 Å². The lowest BCUT2D eigenvalue weighted by molar-refractivity contribution is -0.111. The van der Waals surface area contributed by atoms with Crippen molar-refractivity contribution in [3.05, 3.63) is 123 Å². The largest absolute Gasteiger partial charge is 0.489 e. The summed E-state index contributed by atoms with van der Waals surface area (Å²) in [6.07, 6.45) is -0.453. The molecule has 0 fully saturated rings. The number of rotatable bonds is 7. The molecule has 0 N–H and O–H groups in total. The molecule has 0 spiro atoms. The number of benzene rings is 4. The average Bonchev–Trinajstić information content (AvgIpc) is 3.30. The fourth-order valence-electron chi connectivity index (χ4n) is 4.31. The average molecular weight is 565 g/mol. The summed E-state index contributed by atoms with van der Waals surface area (Å²) in [7, 11) is 0. The molecule has 0 aromatic heterocycles. The molecule has 1 heterocycles. The van der Waals surface area contributed by atoms with E-state index in [2.05, 4.69) is 0 Å². The van der Waals surface area contributed by atoms with Crippen LogP contribution in [0.1, 0.15) is 29.8 Å². The van der Waals surface area contributed by atoms with Crippen LogP contribution < -0.4 is 14.6 Å². The minimum atomic E-state index is -0.453. The minimum absolute atomic E-state index is 0.146. The molecule has 0 aliphatic carbocycles. The van der Waals surface area contributed by atoms with Crippen LogP contribution in [0.5, 0.6) is 5.75 Å². The third kappa shape index (κ3) is 5.37. The van der Waals surface area contributed by atoms with Gasteiger partial charge in [-0.1, -0.05) is 70.7 Å². The summed E-state index contributed by atoms with van der Waals surface area (Å²) < 4.78 is 6.11. The van der Waals surface area contributed by atoms with E-state index in [1.54, 1.807) is 30.3 Å². The molecular weight excluding hydrogens is 541 g/mol. The number of nitrogens with zero attached hydrogens (tertiary/aromatic N) is 3. The fraction of sp³-hybridized carbons (Fsp3) is 0.133. The van der Waals surface area contributed by atoms with Gasteiger partial charge >= 0.3 is 0 Å². The van der Waals surface area contributed by atoms with Crippen LogP contribution in [-0.4, -0.2) is 11.6 Å². The van der Waals surface area contributed by atoms with Crippen LogP contribution in [0.15, 0.2) is 96.1 Å². The van der Waals surface area contributed by atoms with Gasteiger partial charge in [-0.2, -0.15) is 0 Å². The van der Waals surface area contributed by atoms with E-state index >= 15 is 0 Å². The van der Waals surface area contributed by atoms with Gasteiger partial charge in [0.15, 0.2) is 17.8 Å². The summed E-state index contributed by atoms with van der Waals surface area (Å²) in [6, 6.07) is 28.5. The van der Waals surface area contributed by atoms with Crippen LogP contribution in [0.3, 0.4) is 0 Å². The molecule has 38 heavy (non-hydrogen) atoms. The normalized spacial score (nSPS) is 15.0. The van der Waals surface area contributed by atoms with Gasteiger partial charge in [-0.15, -0.1) is 5.10 Å². The molecule has 8 heteroatoms. The van der Waals surface area contributed by atoms with E-state index in [1.807, 2.05) is 77.5 Å². The van der Waals surface area contributed by atoms with Gasteiger partial charge in [-0.25, -0.2) is 5.01 Å². The minimum Gasteiger partial charge on any atom is -0.489 e. The number of carbonyl (C=O) groups is 1. The van der Waals surface area contributed by atoms with Crippen molar-refractivity contribution in [1.82, 2.24) is 0 Å². The Morgan fingerprint density at radius 1 is 0.868 bits per heavy atom. The van der Waals surface area contributed by atoms with Gasteiger partial charge in [0.05, 0.1) is 5.69 Å². The molecule has 0 bridgehead atoms. The summed E-state index contributed by atoms with van der Waals surface area (Å²) in [6.45, 7) is 3.76. The van der Waals surface area contributed by atoms with E-state index in [-0.39, 0.29) is 12.4 Å². The second kappa shape index (κ2) is 11.1. The Morgan fingerprint density at radius 3 is 2.16 bits per heavy atom. The number of hydrazone groups is 1. The number of carbonyl (C=O) groups excluding carboxylic acids is 1. The molecule has 5 rings (SSSR count). The van der Waals surface area contributed by atoms with Crippen LogP contribution in [-0.2, 0) is 11.4 Å². The second-order valence-corrected chi connectivity index (χ2v) is 10.2. The SMILES string of the molecule is CC(=O)C1=NN(c2ccc(Cl)cc2)[C@H](c2cccc(OCc3c(Cl)cccc3Cl)c2)N1c1ccc(C)cc1. The number of aryl methyl sites for hydroxylation is 1. The zero-order valence-electron chi connectivity index (χ0n) is 20.7. The first-order chi connectivity index (χ1) is 18.3. The molecular formula is C30H24Cl3N3O2. The summed E-state index contributed by atoms with van der Waals surface area (Å²) in [5, 5.41) is 8.31. The van der Waals surface area contributed by atoms with Crippen LogP contribution in [0.25, 0.3) is 0 Å². The molecule has 4 aromatic carbocycles. The van der Waals surface area contributed by atoms with Gasteiger partial charge in [0.25, 0.3) is 0 Å². The first-order valence-electron chi connectivity index (χ1n) is 12.0. The molecule has 1 aliphatic rings. The number of anilines is 2. The molecule has 0 radical (unpaired) electrons. The van der Waals surface area contributed by atoms with E-state index in [0.29, 0.717) is 32.2 Å². The Morgan fingerprint density at radius 2 is 1.50 bits per heavy atom. The van der Waals surface area contributed by atoms with Crippen molar-refractivity contribution in [3.63, 3.8) is 0 Å². The van der Waals surface area contributed by atoms with E-state index < -0.39 is 6.17 Å². The maximum Gasteiger partial charge on any atom is 0.198 e. The van der Waals surface area contributed by atoms with Crippen LogP contribution >= 0.6 is 34.8 Å². The molecule has 5 nitrogen and oxygen atoms in total. The van der Waals surface area contributed by atoms with Crippen molar-refractivity contribution in [3.8, 4) is 5.75 Å². The maximum atomic E-state index is 12.8. The van der Waals surface area contributed by atoms with Crippen LogP contribution in [0.4, 0.5) is 11.4 Å². The van der Waals surface area contributed by atoms with Gasteiger partial charge in [-0.05, 0) is 67.6 Å². The van der Waals surface area contributed by atoms with E-state index in [4.69, 9.17) is 44.6 Å². The number of hydrogen-bond donors (Lipinski definition) is 0. The van der Waals surface area contributed by atoms with Gasteiger partial charge in [0.2, 0.25) is 0 Å². The monoisotopic (exact) mass is 563 g/mol. The smallest absolute Gasteiger partial charge is 0.198 e. The third-order valence-electron chi connectivity index (χ3n) is 6.23. The van der Waals surface area contributed by atoms with Gasteiger partial charge in [-0.3, -0.25) is 9.69 Å². The number of ether oxygens (including phenoxy) is 1. The first kappa shape index (κ1) is 26.1. The van der Waals surface area contributed by atoms with Crippen LogP contribution in [0.2, 0.25) is 15.1 Å². The topological polar surface area (TPSA) is 45.1 Å². The summed E-state index contributed by atoms with van der Waals surface area (Å²) in [5.41, 5.74) is 4.35. The highest BCUT2D eigenvalue weighted by Crippen LogP contribution is 2.40. The van der Waals surface area contributed by atoms with E-state index in [1.165, 1.54) is 6.92 Å². The van der Waals surface area contributed by atoms with E-state index in [0.717, 1.165) is 22.5 Å². The number of amidine groups is 1. The zero-order chi connectivity index (χ0) is 26.8. The zero-order valence-corrected chi connectivity index (χ0v) is 23.0. The Balaban J connectivity index is 1.56. The number of Topliss-reactive ketones (excluding diaryl/α,β-unsaturated/α-hetero) is 1. The molecule has 4 aromatic rings.